The Morgan fingerprint density at radius 2 is 1.56 bits per heavy atom. The molecule has 0 saturated heterocycles. The number of ether oxygens (including phenoxy) is 2. The van der Waals surface area contributed by atoms with Gasteiger partial charge in [0.2, 0.25) is 0 Å². The molecular formula is C26H27ClN4O2S. The van der Waals surface area contributed by atoms with Gasteiger partial charge in [-0.25, -0.2) is 0 Å². The molecule has 0 fully saturated rings. The molecule has 0 aliphatic heterocycles. The van der Waals surface area contributed by atoms with E-state index in [-0.39, 0.29) is 0 Å². The molecule has 3 aromatic carbocycles. The van der Waals surface area contributed by atoms with Gasteiger partial charge in [-0.05, 0) is 54.6 Å². The zero-order chi connectivity index (χ0) is 23.9. The maximum absolute atomic E-state index is 6.16. The Labute approximate surface area is 209 Å². The minimum absolute atomic E-state index is 0.624. The van der Waals surface area contributed by atoms with Crippen LogP contribution in [-0.2, 0) is 18.8 Å². The van der Waals surface area contributed by atoms with Crippen LogP contribution in [0.3, 0.4) is 0 Å². The van der Waals surface area contributed by atoms with Crippen molar-refractivity contribution in [2.24, 2.45) is 0 Å². The van der Waals surface area contributed by atoms with Crippen molar-refractivity contribution in [3.05, 3.63) is 94.8 Å². The van der Waals surface area contributed by atoms with E-state index in [4.69, 9.17) is 21.1 Å². The average Bonchev–Trinajstić information content (AvgIpc) is 3.25. The van der Waals surface area contributed by atoms with Crippen molar-refractivity contribution in [2.75, 3.05) is 21.3 Å². The monoisotopic (exact) mass is 494 g/mol. The number of benzene rings is 3. The normalized spacial score (nSPS) is 11.1. The third kappa shape index (κ3) is 6.11. The first-order valence-corrected chi connectivity index (χ1v) is 12.2. The van der Waals surface area contributed by atoms with Gasteiger partial charge < -0.3 is 9.47 Å². The molecule has 0 N–H and O–H groups in total. The quantitative estimate of drug-likeness (QED) is 0.257. The van der Waals surface area contributed by atoms with Crippen LogP contribution in [0.25, 0.3) is 5.69 Å². The van der Waals surface area contributed by atoms with Crippen LogP contribution in [0, 0.1) is 0 Å². The van der Waals surface area contributed by atoms with Gasteiger partial charge in [0.25, 0.3) is 0 Å². The average molecular weight is 495 g/mol. The second-order valence-electron chi connectivity index (χ2n) is 7.88. The van der Waals surface area contributed by atoms with Crippen LogP contribution in [0.2, 0.25) is 5.02 Å². The molecule has 0 aliphatic rings. The highest BCUT2D eigenvalue weighted by Gasteiger charge is 2.17. The van der Waals surface area contributed by atoms with Crippen molar-refractivity contribution < 1.29 is 9.47 Å². The number of hydrogen-bond acceptors (Lipinski definition) is 6. The summed E-state index contributed by atoms with van der Waals surface area (Å²) in [6, 6.07) is 23.9. The third-order valence-corrected chi connectivity index (χ3v) is 6.50. The number of thioether (sulfide) groups is 1. The summed E-state index contributed by atoms with van der Waals surface area (Å²) in [5, 5.41) is 10.6. The Balaban J connectivity index is 1.59. The lowest BCUT2D eigenvalue weighted by Crippen LogP contribution is -2.20. The van der Waals surface area contributed by atoms with Crippen LogP contribution >= 0.6 is 23.4 Å². The fourth-order valence-electron chi connectivity index (χ4n) is 3.66. The molecule has 1 aromatic heterocycles. The Bertz CT molecular complexity index is 1250. The highest BCUT2D eigenvalue weighted by Crippen LogP contribution is 2.28. The van der Waals surface area contributed by atoms with Gasteiger partial charge in [0.05, 0.1) is 26.5 Å². The molecule has 0 amide bonds. The summed E-state index contributed by atoms with van der Waals surface area (Å²) in [6.07, 6.45) is 0. The van der Waals surface area contributed by atoms with E-state index in [1.165, 1.54) is 5.56 Å². The van der Waals surface area contributed by atoms with E-state index >= 15 is 0 Å². The van der Waals surface area contributed by atoms with Crippen LogP contribution in [0.5, 0.6) is 11.5 Å². The molecule has 1 heterocycles. The van der Waals surface area contributed by atoms with E-state index in [2.05, 4.69) is 44.9 Å². The summed E-state index contributed by atoms with van der Waals surface area (Å²) < 4.78 is 12.9. The van der Waals surface area contributed by atoms with Crippen LogP contribution in [0.15, 0.2) is 78.0 Å². The van der Waals surface area contributed by atoms with E-state index in [0.717, 1.165) is 51.1 Å². The Morgan fingerprint density at radius 3 is 2.32 bits per heavy atom. The van der Waals surface area contributed by atoms with E-state index < -0.39 is 0 Å². The van der Waals surface area contributed by atoms with Crippen LogP contribution < -0.4 is 9.47 Å². The molecule has 0 aliphatic carbocycles. The number of hydrogen-bond donors (Lipinski definition) is 0. The van der Waals surface area contributed by atoms with Gasteiger partial charge in [-0.15, -0.1) is 10.2 Å². The largest absolute Gasteiger partial charge is 0.497 e. The Morgan fingerprint density at radius 1 is 0.853 bits per heavy atom. The molecule has 0 saturated carbocycles. The van der Waals surface area contributed by atoms with Crippen molar-refractivity contribution in [3.8, 4) is 17.2 Å². The lowest BCUT2D eigenvalue weighted by atomic mass is 10.2. The smallest absolute Gasteiger partial charge is 0.196 e. The van der Waals surface area contributed by atoms with Crippen molar-refractivity contribution in [1.29, 1.82) is 0 Å². The van der Waals surface area contributed by atoms with Gasteiger partial charge in [0.1, 0.15) is 11.5 Å². The molecule has 0 radical (unpaired) electrons. The SMILES string of the molecule is COc1cccc(CN(C)Cc2nnc(SCc3cccc(Cl)c3)n2-c2cccc(OC)c2)c1. The van der Waals surface area contributed by atoms with Gasteiger partial charge in [-0.1, -0.05) is 53.7 Å². The number of methoxy groups -OCH3 is 2. The molecule has 4 rings (SSSR count). The molecular weight excluding hydrogens is 468 g/mol. The van der Waals surface area contributed by atoms with Crippen molar-refractivity contribution in [1.82, 2.24) is 19.7 Å². The molecule has 0 atom stereocenters. The van der Waals surface area contributed by atoms with Crippen molar-refractivity contribution in [2.45, 2.75) is 24.0 Å². The number of rotatable bonds is 10. The maximum atomic E-state index is 6.16. The highest BCUT2D eigenvalue weighted by atomic mass is 35.5. The van der Waals surface area contributed by atoms with E-state index in [1.54, 1.807) is 26.0 Å². The molecule has 176 valence electrons. The van der Waals surface area contributed by atoms with Gasteiger partial charge in [0.15, 0.2) is 11.0 Å². The predicted octanol–water partition coefficient (Wildman–Crippen LogP) is 5.86. The van der Waals surface area contributed by atoms with Gasteiger partial charge in [-0.3, -0.25) is 9.47 Å². The Kier molecular flexibility index (Phi) is 8.11. The molecule has 8 heteroatoms. The van der Waals surface area contributed by atoms with Gasteiger partial charge >= 0.3 is 0 Å². The summed E-state index contributed by atoms with van der Waals surface area (Å²) in [5.74, 6) is 3.23. The fourth-order valence-corrected chi connectivity index (χ4v) is 4.79. The highest BCUT2D eigenvalue weighted by molar-refractivity contribution is 7.98. The van der Waals surface area contributed by atoms with E-state index in [0.29, 0.717) is 6.54 Å². The van der Waals surface area contributed by atoms with E-state index in [9.17, 15) is 0 Å². The zero-order valence-corrected chi connectivity index (χ0v) is 21.0. The summed E-state index contributed by atoms with van der Waals surface area (Å²) in [7, 11) is 5.42. The minimum atomic E-state index is 0.624. The van der Waals surface area contributed by atoms with Gasteiger partial charge in [0, 0.05) is 23.4 Å². The molecule has 0 spiro atoms. The fraction of sp³-hybridized carbons (Fsp3) is 0.231. The van der Waals surface area contributed by atoms with Crippen LogP contribution in [0.4, 0.5) is 0 Å². The number of aromatic nitrogens is 3. The second kappa shape index (κ2) is 11.4. The summed E-state index contributed by atoms with van der Waals surface area (Å²) in [4.78, 5) is 2.21. The van der Waals surface area contributed by atoms with Crippen molar-refractivity contribution in [3.63, 3.8) is 0 Å². The summed E-state index contributed by atoms with van der Waals surface area (Å²) >= 11 is 7.79. The molecule has 4 aromatic rings. The minimum Gasteiger partial charge on any atom is -0.497 e. The van der Waals surface area contributed by atoms with Crippen LogP contribution in [-0.4, -0.2) is 40.9 Å². The lowest BCUT2D eigenvalue weighted by Gasteiger charge is -2.18. The molecule has 0 unspecified atom stereocenters. The third-order valence-electron chi connectivity index (χ3n) is 5.27. The summed E-state index contributed by atoms with van der Waals surface area (Å²) in [5.41, 5.74) is 3.27. The topological polar surface area (TPSA) is 52.4 Å². The summed E-state index contributed by atoms with van der Waals surface area (Å²) in [6.45, 7) is 1.38. The standard InChI is InChI=1S/C26H27ClN4O2S/c1-30(16-19-7-5-11-23(14-19)32-2)17-25-28-29-26(34-18-20-8-4-9-21(27)13-20)31(25)22-10-6-12-24(15-22)33-3/h4-15H,16-18H2,1-3H3. The van der Waals surface area contributed by atoms with E-state index in [1.807, 2.05) is 54.6 Å². The first kappa shape index (κ1) is 24.1. The first-order chi connectivity index (χ1) is 16.6. The zero-order valence-electron chi connectivity index (χ0n) is 19.4. The van der Waals surface area contributed by atoms with Crippen LogP contribution in [0.1, 0.15) is 17.0 Å². The van der Waals surface area contributed by atoms with Gasteiger partial charge in [-0.2, -0.15) is 0 Å². The van der Waals surface area contributed by atoms with Crippen molar-refractivity contribution >= 4 is 23.4 Å². The Hall–Kier alpha value is -3.00. The first-order valence-electron chi connectivity index (χ1n) is 10.8. The lowest BCUT2D eigenvalue weighted by molar-refractivity contribution is 0.307. The second-order valence-corrected chi connectivity index (χ2v) is 9.26. The molecule has 6 nitrogen and oxygen atoms in total. The maximum Gasteiger partial charge on any atom is 0.196 e. The predicted molar refractivity (Wildman–Crippen MR) is 137 cm³/mol. The number of nitrogens with zero attached hydrogens (tertiary/aromatic N) is 4. The molecule has 34 heavy (non-hydrogen) atoms. The number of halogens is 1. The molecule has 0 bridgehead atoms.